The van der Waals surface area contributed by atoms with Crippen LogP contribution in [0, 0.1) is 6.92 Å². The van der Waals surface area contributed by atoms with Gasteiger partial charge in [0.15, 0.2) is 0 Å². The van der Waals surface area contributed by atoms with Crippen LogP contribution in [0.25, 0.3) is 5.57 Å². The van der Waals surface area contributed by atoms with E-state index in [9.17, 15) is 0 Å². The minimum Gasteiger partial charge on any atom is -0.311 e. The third kappa shape index (κ3) is 2.14. The van der Waals surface area contributed by atoms with Crippen molar-refractivity contribution in [2.75, 3.05) is 13.1 Å². The highest BCUT2D eigenvalue weighted by atomic mass is 35.5. The van der Waals surface area contributed by atoms with Crippen LogP contribution in [-0.4, -0.2) is 23.5 Å². The van der Waals surface area contributed by atoms with E-state index in [0.717, 1.165) is 24.3 Å². The standard InChI is InChI=1S/C11H13ClN2/c1-8-2-3-9(6-14-8)10-4-11(12)7-13-5-10/h2-4,6,11,13H,5,7H2,1H3. The maximum Gasteiger partial charge on any atom is 0.0647 e. The van der Waals surface area contributed by atoms with Crippen LogP contribution in [0.1, 0.15) is 11.3 Å². The van der Waals surface area contributed by atoms with Gasteiger partial charge in [0, 0.05) is 25.0 Å². The molecule has 1 N–H and O–H groups in total. The summed E-state index contributed by atoms with van der Waals surface area (Å²) in [6.45, 7) is 3.72. The van der Waals surface area contributed by atoms with Crippen LogP contribution >= 0.6 is 11.6 Å². The molecule has 2 nitrogen and oxygen atoms in total. The molecule has 1 aromatic heterocycles. The molecular formula is C11H13ClN2. The zero-order valence-corrected chi connectivity index (χ0v) is 8.88. The molecule has 0 bridgehead atoms. The number of rotatable bonds is 1. The molecule has 3 heteroatoms. The molecule has 0 saturated heterocycles. The fourth-order valence-corrected chi connectivity index (χ4v) is 1.80. The van der Waals surface area contributed by atoms with Crippen molar-refractivity contribution in [2.45, 2.75) is 12.3 Å². The molecule has 0 amide bonds. The SMILES string of the molecule is Cc1ccc(C2=CC(Cl)CNC2)cn1. The van der Waals surface area contributed by atoms with Crippen molar-refractivity contribution in [1.29, 1.82) is 0 Å². The van der Waals surface area contributed by atoms with Gasteiger partial charge in [0.25, 0.3) is 0 Å². The van der Waals surface area contributed by atoms with Gasteiger partial charge in [-0.25, -0.2) is 0 Å². The van der Waals surface area contributed by atoms with Gasteiger partial charge < -0.3 is 5.32 Å². The predicted molar refractivity (Wildman–Crippen MR) is 59.5 cm³/mol. The maximum absolute atomic E-state index is 6.03. The Hall–Kier alpha value is -0.860. The van der Waals surface area contributed by atoms with E-state index in [1.54, 1.807) is 0 Å². The minimum absolute atomic E-state index is 0.0973. The highest BCUT2D eigenvalue weighted by Gasteiger charge is 2.11. The molecule has 0 fully saturated rings. The summed E-state index contributed by atoms with van der Waals surface area (Å²) in [5, 5.41) is 3.37. The van der Waals surface area contributed by atoms with Crippen LogP contribution in [-0.2, 0) is 0 Å². The number of nitrogens with one attached hydrogen (secondary N) is 1. The number of aromatic nitrogens is 1. The summed E-state index contributed by atoms with van der Waals surface area (Å²) in [5.41, 5.74) is 3.44. The second-order valence-electron chi connectivity index (χ2n) is 3.53. The monoisotopic (exact) mass is 208 g/mol. The molecule has 1 aromatic rings. The molecular weight excluding hydrogens is 196 g/mol. The zero-order chi connectivity index (χ0) is 9.97. The highest BCUT2D eigenvalue weighted by molar-refractivity contribution is 6.22. The maximum atomic E-state index is 6.03. The van der Waals surface area contributed by atoms with E-state index < -0.39 is 0 Å². The van der Waals surface area contributed by atoms with Crippen molar-refractivity contribution in [3.05, 3.63) is 35.7 Å². The number of aryl methyl sites for hydroxylation is 1. The Morgan fingerprint density at radius 1 is 1.50 bits per heavy atom. The quantitative estimate of drug-likeness (QED) is 0.714. The Kier molecular flexibility index (Phi) is 2.85. The van der Waals surface area contributed by atoms with Gasteiger partial charge in [-0.2, -0.15) is 0 Å². The molecule has 1 unspecified atom stereocenters. The zero-order valence-electron chi connectivity index (χ0n) is 8.13. The summed E-state index contributed by atoms with van der Waals surface area (Å²) < 4.78 is 0. The first-order valence-electron chi connectivity index (χ1n) is 4.74. The van der Waals surface area contributed by atoms with Gasteiger partial charge in [-0.15, -0.1) is 11.6 Å². The van der Waals surface area contributed by atoms with E-state index in [2.05, 4.69) is 22.4 Å². The second-order valence-corrected chi connectivity index (χ2v) is 4.09. The van der Waals surface area contributed by atoms with E-state index in [-0.39, 0.29) is 5.38 Å². The summed E-state index contributed by atoms with van der Waals surface area (Å²) in [6, 6.07) is 4.11. The normalized spacial score (nSPS) is 21.9. The average Bonchev–Trinajstić information content (AvgIpc) is 2.19. The van der Waals surface area contributed by atoms with E-state index in [1.165, 1.54) is 5.57 Å². The summed E-state index contributed by atoms with van der Waals surface area (Å²) in [4.78, 5) is 4.27. The van der Waals surface area contributed by atoms with Gasteiger partial charge in [-0.1, -0.05) is 12.1 Å². The number of nitrogens with zero attached hydrogens (tertiary/aromatic N) is 1. The number of halogens is 1. The van der Waals surface area contributed by atoms with Crippen molar-refractivity contribution in [3.8, 4) is 0 Å². The topological polar surface area (TPSA) is 24.9 Å². The first-order chi connectivity index (χ1) is 6.75. The van der Waals surface area contributed by atoms with Crippen LogP contribution in [0.5, 0.6) is 0 Å². The van der Waals surface area contributed by atoms with Gasteiger partial charge >= 0.3 is 0 Å². The Morgan fingerprint density at radius 3 is 3.00 bits per heavy atom. The van der Waals surface area contributed by atoms with Crippen LogP contribution in [0.3, 0.4) is 0 Å². The number of pyridine rings is 1. The molecule has 0 aromatic carbocycles. The third-order valence-corrected chi connectivity index (χ3v) is 2.60. The summed E-state index contributed by atoms with van der Waals surface area (Å²) in [6.07, 6.45) is 4.00. The molecule has 74 valence electrons. The molecule has 0 radical (unpaired) electrons. The van der Waals surface area contributed by atoms with E-state index in [4.69, 9.17) is 11.6 Å². The Balaban J connectivity index is 2.26. The third-order valence-electron chi connectivity index (χ3n) is 2.32. The molecule has 0 saturated carbocycles. The van der Waals surface area contributed by atoms with E-state index in [1.807, 2.05) is 19.2 Å². The summed E-state index contributed by atoms with van der Waals surface area (Å²) in [5.74, 6) is 0. The molecule has 1 atom stereocenters. The lowest BCUT2D eigenvalue weighted by Gasteiger charge is -2.17. The summed E-state index contributed by atoms with van der Waals surface area (Å²) in [7, 11) is 0. The van der Waals surface area contributed by atoms with Crippen molar-refractivity contribution in [2.24, 2.45) is 0 Å². The van der Waals surface area contributed by atoms with Gasteiger partial charge in [0.05, 0.1) is 5.38 Å². The first kappa shape index (κ1) is 9.69. The summed E-state index contributed by atoms with van der Waals surface area (Å²) >= 11 is 6.03. The molecule has 2 rings (SSSR count). The molecule has 0 spiro atoms. The van der Waals surface area contributed by atoms with E-state index in [0.29, 0.717) is 0 Å². The Labute approximate surface area is 89.0 Å². The lowest BCUT2D eigenvalue weighted by molar-refractivity contribution is 0.743. The van der Waals surface area contributed by atoms with Crippen LogP contribution in [0.4, 0.5) is 0 Å². The molecule has 0 aliphatic carbocycles. The lowest BCUT2D eigenvalue weighted by Crippen LogP contribution is -2.28. The van der Waals surface area contributed by atoms with Crippen molar-refractivity contribution >= 4 is 17.2 Å². The average molecular weight is 209 g/mol. The fraction of sp³-hybridized carbons (Fsp3) is 0.364. The van der Waals surface area contributed by atoms with Crippen LogP contribution < -0.4 is 5.32 Å². The fourth-order valence-electron chi connectivity index (χ4n) is 1.54. The van der Waals surface area contributed by atoms with E-state index >= 15 is 0 Å². The lowest BCUT2D eigenvalue weighted by atomic mass is 10.0. The van der Waals surface area contributed by atoms with Gasteiger partial charge in [0.1, 0.15) is 0 Å². The van der Waals surface area contributed by atoms with Gasteiger partial charge in [0.2, 0.25) is 0 Å². The van der Waals surface area contributed by atoms with Crippen molar-refractivity contribution in [1.82, 2.24) is 10.3 Å². The van der Waals surface area contributed by atoms with Crippen molar-refractivity contribution < 1.29 is 0 Å². The van der Waals surface area contributed by atoms with Crippen LogP contribution in [0.2, 0.25) is 0 Å². The molecule has 14 heavy (non-hydrogen) atoms. The number of hydrogen-bond acceptors (Lipinski definition) is 2. The number of alkyl halides is 1. The van der Waals surface area contributed by atoms with Gasteiger partial charge in [-0.3, -0.25) is 4.98 Å². The predicted octanol–water partition coefficient (Wildman–Crippen LogP) is 1.98. The molecule has 2 heterocycles. The Morgan fingerprint density at radius 2 is 2.36 bits per heavy atom. The van der Waals surface area contributed by atoms with Gasteiger partial charge in [-0.05, 0) is 24.1 Å². The Bertz CT molecular complexity index is 343. The highest BCUT2D eigenvalue weighted by Crippen LogP contribution is 2.18. The largest absolute Gasteiger partial charge is 0.311 e. The smallest absolute Gasteiger partial charge is 0.0647 e. The minimum atomic E-state index is 0.0973. The second kappa shape index (κ2) is 4.11. The molecule has 1 aliphatic heterocycles. The van der Waals surface area contributed by atoms with Crippen molar-refractivity contribution in [3.63, 3.8) is 0 Å². The first-order valence-corrected chi connectivity index (χ1v) is 5.18. The molecule has 1 aliphatic rings. The number of hydrogen-bond donors (Lipinski definition) is 1. The van der Waals surface area contributed by atoms with Crippen LogP contribution in [0.15, 0.2) is 24.4 Å².